The highest BCUT2D eigenvalue weighted by molar-refractivity contribution is 7.89. The van der Waals surface area contributed by atoms with Crippen LogP contribution in [0.2, 0.25) is 5.02 Å². The number of rotatable bonds is 5. The lowest BCUT2D eigenvalue weighted by atomic mass is 10.3. The summed E-state index contributed by atoms with van der Waals surface area (Å²) in [4.78, 5) is 0.0985. The van der Waals surface area contributed by atoms with E-state index in [9.17, 15) is 8.42 Å². The van der Waals surface area contributed by atoms with Gasteiger partial charge >= 0.3 is 0 Å². The Labute approximate surface area is 101 Å². The van der Waals surface area contributed by atoms with Gasteiger partial charge in [0.1, 0.15) is 4.90 Å². The van der Waals surface area contributed by atoms with Crippen LogP contribution in [0.15, 0.2) is 29.2 Å². The molecule has 0 fully saturated rings. The summed E-state index contributed by atoms with van der Waals surface area (Å²) in [6.45, 7) is 2.13. The first kappa shape index (κ1) is 13.4. The Bertz CT molecular complexity index is 446. The van der Waals surface area contributed by atoms with Gasteiger partial charge in [0.15, 0.2) is 0 Å². The lowest BCUT2D eigenvalue weighted by Gasteiger charge is -2.09. The van der Waals surface area contributed by atoms with Gasteiger partial charge in [-0.2, -0.15) is 0 Å². The minimum Gasteiger partial charge on any atom is -0.328 e. The van der Waals surface area contributed by atoms with Gasteiger partial charge in [0.05, 0.1) is 5.02 Å². The highest BCUT2D eigenvalue weighted by atomic mass is 35.5. The van der Waals surface area contributed by atoms with Crippen LogP contribution in [0.25, 0.3) is 0 Å². The molecule has 6 heteroatoms. The average Bonchev–Trinajstić information content (AvgIpc) is 2.17. The molecule has 0 saturated heterocycles. The van der Waals surface area contributed by atoms with E-state index in [1.807, 2.05) is 6.92 Å². The fourth-order valence-corrected chi connectivity index (χ4v) is 2.73. The monoisotopic (exact) mass is 262 g/mol. The third kappa shape index (κ3) is 3.75. The van der Waals surface area contributed by atoms with Crippen molar-refractivity contribution < 1.29 is 8.42 Å². The van der Waals surface area contributed by atoms with Crippen molar-refractivity contribution in [2.24, 2.45) is 5.73 Å². The van der Waals surface area contributed by atoms with Crippen LogP contribution in [0.1, 0.15) is 13.3 Å². The molecular formula is C10H15ClN2O2S. The second kappa shape index (κ2) is 5.63. The Morgan fingerprint density at radius 1 is 1.44 bits per heavy atom. The first-order valence-corrected chi connectivity index (χ1v) is 6.79. The van der Waals surface area contributed by atoms with Gasteiger partial charge in [-0.3, -0.25) is 0 Å². The summed E-state index contributed by atoms with van der Waals surface area (Å²) in [7, 11) is -3.52. The summed E-state index contributed by atoms with van der Waals surface area (Å²) in [5.41, 5.74) is 5.53. The van der Waals surface area contributed by atoms with Gasteiger partial charge in [-0.15, -0.1) is 0 Å². The van der Waals surface area contributed by atoms with Crippen molar-refractivity contribution in [1.82, 2.24) is 4.72 Å². The molecule has 0 amide bonds. The minimum atomic E-state index is -3.52. The standard InChI is InChI=1S/C10H15ClN2O2S/c1-8(12)6-7-13-16(14,15)10-5-3-2-4-9(10)11/h2-5,8,13H,6-7,12H2,1H3. The second-order valence-electron chi connectivity index (χ2n) is 3.59. The van der Waals surface area contributed by atoms with Crippen molar-refractivity contribution in [3.63, 3.8) is 0 Å². The van der Waals surface area contributed by atoms with E-state index in [0.29, 0.717) is 13.0 Å². The Hall–Kier alpha value is -0.620. The lowest BCUT2D eigenvalue weighted by Crippen LogP contribution is -2.29. The van der Waals surface area contributed by atoms with Crippen LogP contribution < -0.4 is 10.5 Å². The molecular weight excluding hydrogens is 248 g/mol. The normalized spacial score (nSPS) is 13.7. The van der Waals surface area contributed by atoms with E-state index < -0.39 is 10.0 Å². The van der Waals surface area contributed by atoms with E-state index >= 15 is 0 Å². The number of sulfonamides is 1. The molecule has 0 aromatic heterocycles. The third-order valence-electron chi connectivity index (χ3n) is 2.02. The van der Waals surface area contributed by atoms with Crippen molar-refractivity contribution in [2.75, 3.05) is 6.54 Å². The second-order valence-corrected chi connectivity index (χ2v) is 5.74. The summed E-state index contributed by atoms with van der Waals surface area (Å²) in [5, 5.41) is 0.218. The van der Waals surface area contributed by atoms with E-state index in [2.05, 4.69) is 4.72 Å². The number of nitrogens with two attached hydrogens (primary N) is 1. The first-order valence-electron chi connectivity index (χ1n) is 4.93. The summed E-state index contributed by atoms with van der Waals surface area (Å²) in [5.74, 6) is 0. The van der Waals surface area contributed by atoms with Crippen LogP contribution in [0.4, 0.5) is 0 Å². The maximum atomic E-state index is 11.8. The molecule has 4 nitrogen and oxygen atoms in total. The Morgan fingerprint density at radius 2 is 2.06 bits per heavy atom. The molecule has 0 heterocycles. The van der Waals surface area contributed by atoms with Gasteiger partial charge in [-0.25, -0.2) is 13.1 Å². The van der Waals surface area contributed by atoms with E-state index in [0.717, 1.165) is 0 Å². The smallest absolute Gasteiger partial charge is 0.242 e. The average molecular weight is 263 g/mol. The zero-order valence-electron chi connectivity index (χ0n) is 8.98. The number of nitrogens with one attached hydrogen (secondary N) is 1. The molecule has 1 rings (SSSR count). The zero-order valence-corrected chi connectivity index (χ0v) is 10.6. The predicted molar refractivity (Wildman–Crippen MR) is 64.9 cm³/mol. The van der Waals surface area contributed by atoms with Crippen molar-refractivity contribution in [3.8, 4) is 0 Å². The van der Waals surface area contributed by atoms with Crippen LogP contribution in [0.5, 0.6) is 0 Å². The number of hydrogen-bond acceptors (Lipinski definition) is 3. The predicted octanol–water partition coefficient (Wildman–Crippen LogP) is 1.36. The Morgan fingerprint density at radius 3 is 2.62 bits per heavy atom. The maximum absolute atomic E-state index is 11.8. The zero-order chi connectivity index (χ0) is 12.2. The quantitative estimate of drug-likeness (QED) is 0.842. The van der Waals surface area contributed by atoms with E-state index in [1.54, 1.807) is 18.2 Å². The molecule has 0 bridgehead atoms. The van der Waals surface area contributed by atoms with E-state index in [-0.39, 0.29) is 16.0 Å². The molecule has 1 aromatic carbocycles. The van der Waals surface area contributed by atoms with Gasteiger partial charge in [0, 0.05) is 12.6 Å². The van der Waals surface area contributed by atoms with Crippen LogP contribution in [0.3, 0.4) is 0 Å². The molecule has 16 heavy (non-hydrogen) atoms. The van der Waals surface area contributed by atoms with Gasteiger partial charge in [-0.05, 0) is 25.5 Å². The van der Waals surface area contributed by atoms with Gasteiger partial charge in [0.2, 0.25) is 10.0 Å². The van der Waals surface area contributed by atoms with E-state index in [1.165, 1.54) is 6.07 Å². The van der Waals surface area contributed by atoms with Crippen LogP contribution >= 0.6 is 11.6 Å². The first-order chi connectivity index (χ1) is 7.43. The molecule has 1 atom stereocenters. The Kier molecular flexibility index (Phi) is 4.73. The third-order valence-corrected chi connectivity index (χ3v) is 3.98. The molecule has 0 aliphatic carbocycles. The van der Waals surface area contributed by atoms with Crippen molar-refractivity contribution in [3.05, 3.63) is 29.3 Å². The molecule has 1 unspecified atom stereocenters. The minimum absolute atomic E-state index is 0.0334. The Balaban J connectivity index is 2.75. The van der Waals surface area contributed by atoms with Gasteiger partial charge < -0.3 is 5.73 Å². The molecule has 1 aromatic rings. The van der Waals surface area contributed by atoms with Crippen molar-refractivity contribution >= 4 is 21.6 Å². The van der Waals surface area contributed by atoms with Crippen LogP contribution in [-0.2, 0) is 10.0 Å². The molecule has 0 aliphatic rings. The fraction of sp³-hybridized carbons (Fsp3) is 0.400. The van der Waals surface area contributed by atoms with Crippen molar-refractivity contribution in [2.45, 2.75) is 24.3 Å². The highest BCUT2D eigenvalue weighted by Gasteiger charge is 2.16. The summed E-state index contributed by atoms with van der Waals surface area (Å²) in [6, 6.07) is 6.29. The van der Waals surface area contributed by atoms with Gasteiger partial charge in [0.25, 0.3) is 0 Å². The topological polar surface area (TPSA) is 72.2 Å². The van der Waals surface area contributed by atoms with E-state index in [4.69, 9.17) is 17.3 Å². The molecule has 0 radical (unpaired) electrons. The summed E-state index contributed by atoms with van der Waals surface area (Å²) in [6.07, 6.45) is 0.587. The molecule has 0 saturated carbocycles. The number of halogens is 1. The number of hydrogen-bond donors (Lipinski definition) is 2. The van der Waals surface area contributed by atoms with Gasteiger partial charge in [-0.1, -0.05) is 23.7 Å². The lowest BCUT2D eigenvalue weighted by molar-refractivity contribution is 0.572. The maximum Gasteiger partial charge on any atom is 0.242 e. The number of benzene rings is 1. The highest BCUT2D eigenvalue weighted by Crippen LogP contribution is 2.19. The SMILES string of the molecule is CC(N)CCNS(=O)(=O)c1ccccc1Cl. The fourth-order valence-electron chi connectivity index (χ4n) is 1.16. The largest absolute Gasteiger partial charge is 0.328 e. The molecule has 0 spiro atoms. The van der Waals surface area contributed by atoms with Crippen LogP contribution in [-0.4, -0.2) is 21.0 Å². The summed E-state index contributed by atoms with van der Waals surface area (Å²) < 4.78 is 26.1. The summed E-state index contributed by atoms with van der Waals surface area (Å²) >= 11 is 5.81. The van der Waals surface area contributed by atoms with Crippen molar-refractivity contribution in [1.29, 1.82) is 0 Å². The molecule has 90 valence electrons. The van der Waals surface area contributed by atoms with Crippen LogP contribution in [0, 0.1) is 0 Å². The molecule has 3 N–H and O–H groups in total. The molecule has 0 aliphatic heterocycles.